The van der Waals surface area contributed by atoms with Gasteiger partial charge in [-0.15, -0.1) is 0 Å². The Kier molecular flexibility index (Phi) is 8.97. The molecule has 0 aromatic heterocycles. The molecule has 2 aromatic carbocycles. The van der Waals surface area contributed by atoms with Gasteiger partial charge in [0.25, 0.3) is 0 Å². The van der Waals surface area contributed by atoms with Crippen LogP contribution in [0.2, 0.25) is 0 Å². The Hall–Kier alpha value is -2.26. The van der Waals surface area contributed by atoms with E-state index in [2.05, 4.69) is 37.9 Å². The first-order valence-electron chi connectivity index (χ1n) is 13.8. The molecule has 208 valence electrons. The second-order valence-corrected chi connectivity index (χ2v) is 13.7. The number of carbonyl (C=O) groups excluding carboxylic acids is 1. The lowest BCUT2D eigenvalue weighted by atomic mass is 9.89. The zero-order valence-corrected chi connectivity index (χ0v) is 24.3. The Morgan fingerprint density at radius 2 is 1.74 bits per heavy atom. The van der Waals surface area contributed by atoms with Crippen molar-refractivity contribution in [3.05, 3.63) is 59.7 Å². The average Bonchev–Trinajstić information content (AvgIpc) is 2.85. The van der Waals surface area contributed by atoms with E-state index in [-0.39, 0.29) is 18.5 Å². The Balaban J connectivity index is 1.47. The first kappa shape index (κ1) is 28.7. The SMILES string of the molecule is Cc1ccc(S(=O)(=O)N2C[C@@]3(CCCN(CC(=O)Nc4ccc(C(C)C)cc4)C3)OC[C@@H]2CC(C)C)cc1. The molecule has 1 amide bonds. The fraction of sp³-hybridized carbons (Fsp3) is 0.567. The number of hydrogen-bond donors (Lipinski definition) is 1. The fourth-order valence-corrected chi connectivity index (χ4v) is 7.29. The van der Waals surface area contributed by atoms with Crippen LogP contribution in [0.1, 0.15) is 64.0 Å². The number of nitrogens with zero attached hydrogens (tertiary/aromatic N) is 2. The van der Waals surface area contributed by atoms with Crippen molar-refractivity contribution >= 4 is 21.6 Å². The van der Waals surface area contributed by atoms with Crippen LogP contribution in [0.25, 0.3) is 0 Å². The van der Waals surface area contributed by atoms with E-state index < -0.39 is 15.6 Å². The predicted molar refractivity (Wildman–Crippen MR) is 152 cm³/mol. The summed E-state index contributed by atoms with van der Waals surface area (Å²) in [5.74, 6) is 0.709. The minimum absolute atomic E-state index is 0.0722. The molecule has 0 bridgehead atoms. The molecule has 8 heteroatoms. The van der Waals surface area contributed by atoms with E-state index in [1.54, 1.807) is 16.4 Å². The highest BCUT2D eigenvalue weighted by molar-refractivity contribution is 7.89. The van der Waals surface area contributed by atoms with Crippen LogP contribution in [-0.4, -0.2) is 68.0 Å². The van der Waals surface area contributed by atoms with E-state index in [1.165, 1.54) is 5.56 Å². The molecule has 2 aliphatic heterocycles. The monoisotopic (exact) mass is 541 g/mol. The number of nitrogens with one attached hydrogen (secondary N) is 1. The van der Waals surface area contributed by atoms with E-state index in [1.807, 2.05) is 43.3 Å². The number of piperidine rings is 1. The van der Waals surface area contributed by atoms with Crippen LogP contribution in [0.5, 0.6) is 0 Å². The number of anilines is 1. The van der Waals surface area contributed by atoms with Crippen molar-refractivity contribution in [1.82, 2.24) is 9.21 Å². The summed E-state index contributed by atoms with van der Waals surface area (Å²) in [6, 6.07) is 14.9. The summed E-state index contributed by atoms with van der Waals surface area (Å²) in [4.78, 5) is 15.3. The quantitative estimate of drug-likeness (QED) is 0.507. The Bertz CT molecular complexity index is 1200. The second kappa shape index (κ2) is 11.9. The summed E-state index contributed by atoms with van der Waals surface area (Å²) in [7, 11) is -3.68. The number of likely N-dealkylation sites (tertiary alicyclic amines) is 1. The van der Waals surface area contributed by atoms with Crippen molar-refractivity contribution in [2.45, 2.75) is 76.3 Å². The number of rotatable bonds is 8. The van der Waals surface area contributed by atoms with E-state index in [4.69, 9.17) is 4.74 Å². The van der Waals surface area contributed by atoms with Crippen LogP contribution in [0.3, 0.4) is 0 Å². The van der Waals surface area contributed by atoms with Gasteiger partial charge in [0.05, 0.1) is 23.6 Å². The second-order valence-electron chi connectivity index (χ2n) is 11.8. The lowest BCUT2D eigenvalue weighted by Gasteiger charge is -2.50. The van der Waals surface area contributed by atoms with Gasteiger partial charge >= 0.3 is 0 Å². The van der Waals surface area contributed by atoms with Gasteiger partial charge in [0.15, 0.2) is 0 Å². The highest BCUT2D eigenvalue weighted by Gasteiger charge is 2.47. The number of sulfonamides is 1. The molecule has 2 atom stereocenters. The third-order valence-electron chi connectivity index (χ3n) is 7.65. The van der Waals surface area contributed by atoms with Gasteiger partial charge in [0.1, 0.15) is 0 Å². The molecule has 1 spiro atoms. The molecule has 1 N–H and O–H groups in total. The van der Waals surface area contributed by atoms with E-state index in [0.29, 0.717) is 36.4 Å². The van der Waals surface area contributed by atoms with E-state index >= 15 is 0 Å². The maximum absolute atomic E-state index is 13.8. The molecule has 38 heavy (non-hydrogen) atoms. The molecule has 2 heterocycles. The zero-order chi connectivity index (χ0) is 27.5. The van der Waals surface area contributed by atoms with E-state index in [0.717, 1.165) is 37.1 Å². The van der Waals surface area contributed by atoms with Crippen molar-refractivity contribution in [3.63, 3.8) is 0 Å². The van der Waals surface area contributed by atoms with Crippen molar-refractivity contribution < 1.29 is 17.9 Å². The van der Waals surface area contributed by atoms with Crippen LogP contribution >= 0.6 is 0 Å². The summed E-state index contributed by atoms with van der Waals surface area (Å²) in [5.41, 5.74) is 2.42. The molecule has 2 aromatic rings. The minimum Gasteiger partial charge on any atom is -0.371 e. The third kappa shape index (κ3) is 6.84. The maximum atomic E-state index is 13.8. The first-order valence-corrected chi connectivity index (χ1v) is 15.3. The third-order valence-corrected chi connectivity index (χ3v) is 9.56. The molecule has 0 unspecified atom stereocenters. The zero-order valence-electron chi connectivity index (χ0n) is 23.4. The Labute approximate surface area is 228 Å². The minimum atomic E-state index is -3.68. The van der Waals surface area contributed by atoms with Crippen molar-refractivity contribution in [1.29, 1.82) is 0 Å². The lowest BCUT2D eigenvalue weighted by Crippen LogP contribution is -2.64. The Morgan fingerprint density at radius 1 is 1.05 bits per heavy atom. The van der Waals surface area contributed by atoms with Gasteiger partial charge in [-0.3, -0.25) is 9.69 Å². The number of carbonyl (C=O) groups is 1. The fourth-order valence-electron chi connectivity index (χ4n) is 5.60. The number of amides is 1. The van der Waals surface area contributed by atoms with Gasteiger partial charge < -0.3 is 10.1 Å². The lowest BCUT2D eigenvalue weighted by molar-refractivity contribution is -0.146. The molecule has 7 nitrogen and oxygen atoms in total. The van der Waals surface area contributed by atoms with Crippen LogP contribution in [0.4, 0.5) is 5.69 Å². The van der Waals surface area contributed by atoms with Crippen molar-refractivity contribution in [2.24, 2.45) is 5.92 Å². The molecule has 2 saturated heterocycles. The largest absolute Gasteiger partial charge is 0.371 e. The van der Waals surface area contributed by atoms with Gasteiger partial charge in [0.2, 0.25) is 15.9 Å². The van der Waals surface area contributed by atoms with Gasteiger partial charge in [-0.2, -0.15) is 4.31 Å². The number of morpholine rings is 1. The van der Waals surface area contributed by atoms with Crippen molar-refractivity contribution in [2.75, 3.05) is 38.1 Å². The maximum Gasteiger partial charge on any atom is 0.243 e. The van der Waals surface area contributed by atoms with Gasteiger partial charge in [-0.25, -0.2) is 8.42 Å². The molecular formula is C30H43N3O4S. The standard InChI is InChI=1S/C30H43N3O4S/c1-22(2)17-27-19-37-30(21-33(27)38(35,36)28-13-7-24(5)8-14-28)15-6-16-32(20-30)18-29(34)31-26-11-9-25(10-12-26)23(3)4/h7-14,22-23,27H,6,15-21H2,1-5H3,(H,31,34)/t27-,30-/m0/s1. The average molecular weight is 542 g/mol. The summed E-state index contributed by atoms with van der Waals surface area (Å²) in [6.07, 6.45) is 2.36. The van der Waals surface area contributed by atoms with Gasteiger partial charge in [0, 0.05) is 24.8 Å². The summed E-state index contributed by atoms with van der Waals surface area (Å²) in [5, 5.41) is 3.01. The van der Waals surface area contributed by atoms with E-state index in [9.17, 15) is 13.2 Å². The van der Waals surface area contributed by atoms with Gasteiger partial charge in [-0.05, 0) is 74.4 Å². The summed E-state index contributed by atoms with van der Waals surface area (Å²) < 4.78 is 35.8. The highest BCUT2D eigenvalue weighted by atomic mass is 32.2. The molecular weight excluding hydrogens is 498 g/mol. The number of hydrogen-bond acceptors (Lipinski definition) is 5. The molecule has 4 rings (SSSR count). The normalized spacial score (nSPS) is 23.3. The number of benzene rings is 2. The van der Waals surface area contributed by atoms with Crippen LogP contribution in [0.15, 0.2) is 53.4 Å². The first-order chi connectivity index (χ1) is 18.0. The smallest absolute Gasteiger partial charge is 0.243 e. The summed E-state index contributed by atoms with van der Waals surface area (Å²) in [6.45, 7) is 12.7. The van der Waals surface area contributed by atoms with Crippen LogP contribution in [-0.2, 0) is 19.6 Å². The highest BCUT2D eigenvalue weighted by Crippen LogP contribution is 2.35. The molecule has 0 saturated carbocycles. The molecule has 0 aliphatic carbocycles. The molecule has 2 aliphatic rings. The number of aryl methyl sites for hydroxylation is 1. The number of ether oxygens (including phenoxy) is 1. The van der Waals surface area contributed by atoms with Crippen molar-refractivity contribution in [3.8, 4) is 0 Å². The topological polar surface area (TPSA) is 79.0 Å². The molecule has 2 fully saturated rings. The Morgan fingerprint density at radius 3 is 2.37 bits per heavy atom. The van der Waals surface area contributed by atoms with Gasteiger partial charge in [-0.1, -0.05) is 57.5 Å². The molecule has 0 radical (unpaired) electrons. The van der Waals surface area contributed by atoms with Crippen LogP contribution < -0.4 is 5.32 Å². The summed E-state index contributed by atoms with van der Waals surface area (Å²) >= 11 is 0. The van der Waals surface area contributed by atoms with Crippen LogP contribution in [0, 0.1) is 12.8 Å². The predicted octanol–water partition coefficient (Wildman–Crippen LogP) is 5.03.